The molecule has 1 N–H and O–H groups in total. The summed E-state index contributed by atoms with van der Waals surface area (Å²) >= 11 is 0. The molecule has 25 heavy (non-hydrogen) atoms. The minimum absolute atomic E-state index is 0.485. The van der Waals surface area contributed by atoms with Gasteiger partial charge in [0.05, 0.1) is 12.8 Å². The number of hydrogen-bond donors (Lipinski definition) is 1. The number of pyridine rings is 1. The number of nitrogens with zero attached hydrogens (tertiary/aromatic N) is 1. The minimum atomic E-state index is 0.485. The van der Waals surface area contributed by atoms with E-state index in [2.05, 4.69) is 34.6 Å². The Morgan fingerprint density at radius 3 is 3.00 bits per heavy atom. The number of aromatic nitrogens is 1. The number of nitrogens with one attached hydrogen (secondary N) is 1. The van der Waals surface area contributed by atoms with E-state index < -0.39 is 0 Å². The van der Waals surface area contributed by atoms with Crippen LogP contribution in [-0.2, 0) is 19.3 Å². The normalized spacial score (nSPS) is 19.3. The molecule has 0 unspecified atom stereocenters. The van der Waals surface area contributed by atoms with Crippen LogP contribution < -0.4 is 14.8 Å². The Kier molecular flexibility index (Phi) is 5.17. The molecule has 1 fully saturated rings. The second kappa shape index (κ2) is 7.87. The van der Waals surface area contributed by atoms with E-state index in [9.17, 15) is 0 Å². The molecule has 132 valence electrons. The Morgan fingerprint density at radius 1 is 1.12 bits per heavy atom. The largest absolute Gasteiger partial charge is 0.493 e. The fourth-order valence-electron chi connectivity index (χ4n) is 3.60. The summed E-state index contributed by atoms with van der Waals surface area (Å²) in [5.41, 5.74) is 3.88. The molecule has 4 nitrogen and oxygen atoms in total. The van der Waals surface area contributed by atoms with Crippen LogP contribution >= 0.6 is 0 Å². The van der Waals surface area contributed by atoms with Gasteiger partial charge < -0.3 is 14.8 Å². The summed E-state index contributed by atoms with van der Waals surface area (Å²) in [4.78, 5) is 4.34. The van der Waals surface area contributed by atoms with Crippen molar-refractivity contribution in [3.8, 4) is 11.5 Å². The lowest BCUT2D eigenvalue weighted by Gasteiger charge is -2.18. The topological polar surface area (TPSA) is 43.4 Å². The van der Waals surface area contributed by atoms with E-state index >= 15 is 0 Å². The van der Waals surface area contributed by atoms with Crippen molar-refractivity contribution < 1.29 is 9.47 Å². The maximum absolute atomic E-state index is 5.91. The zero-order chi connectivity index (χ0) is 16.9. The molecular formula is C21H26N2O2. The summed E-state index contributed by atoms with van der Waals surface area (Å²) in [6.45, 7) is 2.68. The van der Waals surface area contributed by atoms with E-state index in [1.807, 2.05) is 12.4 Å². The van der Waals surface area contributed by atoms with Crippen LogP contribution in [0, 0.1) is 0 Å². The van der Waals surface area contributed by atoms with Crippen molar-refractivity contribution in [1.82, 2.24) is 10.3 Å². The Morgan fingerprint density at radius 2 is 2.08 bits per heavy atom. The summed E-state index contributed by atoms with van der Waals surface area (Å²) in [6, 6.07) is 9.26. The van der Waals surface area contributed by atoms with Crippen molar-refractivity contribution in [3.05, 3.63) is 53.3 Å². The molecule has 4 rings (SSSR count). The summed E-state index contributed by atoms with van der Waals surface area (Å²) in [6.07, 6.45) is 10.4. The molecular weight excluding hydrogens is 312 g/mol. The minimum Gasteiger partial charge on any atom is -0.493 e. The quantitative estimate of drug-likeness (QED) is 0.877. The Balaban J connectivity index is 1.33. The van der Waals surface area contributed by atoms with Crippen LogP contribution in [0.5, 0.6) is 11.5 Å². The van der Waals surface area contributed by atoms with Gasteiger partial charge in [-0.05, 0) is 73.9 Å². The predicted octanol–water partition coefficient (Wildman–Crippen LogP) is 3.32. The lowest BCUT2D eigenvalue weighted by atomic mass is 10.0. The molecule has 2 aliphatic rings. The van der Waals surface area contributed by atoms with E-state index in [1.54, 1.807) is 0 Å². The second-order valence-electron chi connectivity index (χ2n) is 7.03. The lowest BCUT2D eigenvalue weighted by molar-refractivity contribution is 0.276. The molecule has 0 spiro atoms. The van der Waals surface area contributed by atoms with Gasteiger partial charge in [-0.25, -0.2) is 0 Å². The van der Waals surface area contributed by atoms with E-state index in [0.717, 1.165) is 56.9 Å². The van der Waals surface area contributed by atoms with Crippen molar-refractivity contribution in [3.63, 3.8) is 0 Å². The fourth-order valence-corrected chi connectivity index (χ4v) is 3.60. The van der Waals surface area contributed by atoms with Crippen LogP contribution in [0.1, 0.15) is 36.0 Å². The lowest BCUT2D eigenvalue weighted by Crippen LogP contribution is -2.28. The zero-order valence-corrected chi connectivity index (χ0v) is 14.7. The molecule has 4 heteroatoms. The number of fused-ring (bicyclic) bond motifs is 1. The van der Waals surface area contributed by atoms with E-state index in [4.69, 9.17) is 9.47 Å². The molecule has 0 radical (unpaired) electrons. The number of aryl methyl sites for hydroxylation is 3. The summed E-state index contributed by atoms with van der Waals surface area (Å²) in [5, 5.41) is 3.46. The van der Waals surface area contributed by atoms with Gasteiger partial charge in [-0.15, -0.1) is 0 Å². The standard InChI is InChI=1S/C21H26N2O2/c1-4-19(23-9-1)15-25-20-11-17(13-22-14-20)6-5-16-7-8-18-3-2-10-24-21(18)12-16/h7-8,11-14,19,23H,1-6,9-10,15H2/t19-/m0/s1. The fraction of sp³-hybridized carbons (Fsp3) is 0.476. The highest BCUT2D eigenvalue weighted by Crippen LogP contribution is 2.26. The average Bonchev–Trinajstić information content (AvgIpc) is 3.19. The van der Waals surface area contributed by atoms with Crippen LogP contribution in [0.15, 0.2) is 36.7 Å². The molecule has 0 amide bonds. The molecule has 1 aromatic heterocycles. The summed E-state index contributed by atoms with van der Waals surface area (Å²) in [5.74, 6) is 1.95. The van der Waals surface area contributed by atoms with Crippen LogP contribution in [0.3, 0.4) is 0 Å². The highest BCUT2D eigenvalue weighted by atomic mass is 16.5. The van der Waals surface area contributed by atoms with Crippen molar-refractivity contribution in [1.29, 1.82) is 0 Å². The zero-order valence-electron chi connectivity index (χ0n) is 14.7. The van der Waals surface area contributed by atoms with E-state index in [1.165, 1.54) is 29.5 Å². The van der Waals surface area contributed by atoms with E-state index in [-0.39, 0.29) is 0 Å². The van der Waals surface area contributed by atoms with Gasteiger partial charge in [0.25, 0.3) is 0 Å². The van der Waals surface area contributed by atoms with Gasteiger partial charge in [0.2, 0.25) is 0 Å². The van der Waals surface area contributed by atoms with Gasteiger partial charge in [0, 0.05) is 12.2 Å². The molecule has 2 aliphatic heterocycles. The molecule has 1 atom stereocenters. The van der Waals surface area contributed by atoms with Crippen molar-refractivity contribution in [2.24, 2.45) is 0 Å². The third kappa shape index (κ3) is 4.31. The van der Waals surface area contributed by atoms with Gasteiger partial charge >= 0.3 is 0 Å². The number of hydrogen-bond acceptors (Lipinski definition) is 4. The van der Waals surface area contributed by atoms with Crippen molar-refractivity contribution in [2.45, 2.75) is 44.6 Å². The van der Waals surface area contributed by atoms with E-state index in [0.29, 0.717) is 6.04 Å². The molecule has 1 aromatic carbocycles. The predicted molar refractivity (Wildman–Crippen MR) is 98.4 cm³/mol. The third-order valence-electron chi connectivity index (χ3n) is 5.07. The average molecular weight is 338 g/mol. The highest BCUT2D eigenvalue weighted by Gasteiger charge is 2.14. The summed E-state index contributed by atoms with van der Waals surface area (Å²) < 4.78 is 11.7. The second-order valence-corrected chi connectivity index (χ2v) is 7.03. The van der Waals surface area contributed by atoms with Crippen LogP contribution in [0.25, 0.3) is 0 Å². The van der Waals surface area contributed by atoms with Crippen molar-refractivity contribution in [2.75, 3.05) is 19.8 Å². The van der Waals surface area contributed by atoms with Crippen LogP contribution in [-0.4, -0.2) is 30.8 Å². The third-order valence-corrected chi connectivity index (χ3v) is 5.07. The number of benzene rings is 1. The first-order valence-electron chi connectivity index (χ1n) is 9.41. The Labute approximate surface area is 149 Å². The Bertz CT molecular complexity index is 711. The van der Waals surface area contributed by atoms with Gasteiger partial charge in [-0.2, -0.15) is 0 Å². The highest BCUT2D eigenvalue weighted by molar-refractivity contribution is 5.39. The molecule has 0 aliphatic carbocycles. The van der Waals surface area contributed by atoms with Gasteiger partial charge in [-0.3, -0.25) is 4.98 Å². The first-order valence-corrected chi connectivity index (χ1v) is 9.41. The first kappa shape index (κ1) is 16.4. The smallest absolute Gasteiger partial charge is 0.137 e. The molecule has 2 aromatic rings. The monoisotopic (exact) mass is 338 g/mol. The van der Waals surface area contributed by atoms with Crippen LogP contribution in [0.2, 0.25) is 0 Å². The maximum Gasteiger partial charge on any atom is 0.137 e. The number of ether oxygens (including phenoxy) is 2. The van der Waals surface area contributed by atoms with Crippen LogP contribution in [0.4, 0.5) is 0 Å². The van der Waals surface area contributed by atoms with Gasteiger partial charge in [0.1, 0.15) is 18.1 Å². The maximum atomic E-state index is 5.91. The van der Waals surface area contributed by atoms with Gasteiger partial charge in [0.15, 0.2) is 0 Å². The molecule has 0 bridgehead atoms. The Hall–Kier alpha value is -2.07. The SMILES string of the molecule is c1cc2c(cc1CCc1cncc(OC[C@@H]3CCCN3)c1)OCCC2. The molecule has 3 heterocycles. The van der Waals surface area contributed by atoms with Gasteiger partial charge in [-0.1, -0.05) is 12.1 Å². The molecule has 0 saturated carbocycles. The molecule has 1 saturated heterocycles. The van der Waals surface area contributed by atoms with Crippen molar-refractivity contribution >= 4 is 0 Å². The summed E-state index contributed by atoms with van der Waals surface area (Å²) in [7, 11) is 0. The first-order chi connectivity index (χ1) is 12.4. The number of rotatable bonds is 6.